The topological polar surface area (TPSA) is 453 Å². The van der Waals surface area contributed by atoms with Crippen LogP contribution in [-0.2, 0) is 52.3 Å². The van der Waals surface area contributed by atoms with Crippen molar-refractivity contribution < 1.29 is 129 Å². The number of ether oxygens (including phenoxy) is 8. The standard InChI is InChI=1S/C67H122N2O26/c1-4-6-8-10-12-14-16-18-19-20-21-23-25-27-29-31-33-35-50(78)69-43(44(75)34-32-30-28-26-24-22-17-15-13-11-9-7-5-2)41-88-63-57(84)55(82)59(48(39-72)90-63)92-65-58(85)62(60(49(40-73)91-65)93-64-56(83)54(81)53(80)47(38-71)89-64)95-67(66(86)87)36-45(76)51(68-42(3)74)61(94-67)52(79)46(77)37-70/h32,34,43-49,51-65,70-73,75-77,79-85H,4-31,33,35-41H2,1-3H3,(H,68,74)(H,69,78)(H,86,87)/b34-32+/t43-,44+,45?,46+,47?,48?,49?,51+,52+,53-,54-,55+,56?,57?,58?,59+,60-,61?,62+,63+,64-,65-,67-/m0/s1. The second-order valence-corrected chi connectivity index (χ2v) is 26.4. The number of carbonyl (C=O) groups excluding carboxylic acids is 2. The molecule has 0 aromatic heterocycles. The van der Waals surface area contributed by atoms with Gasteiger partial charge in [0.15, 0.2) is 18.9 Å². The summed E-state index contributed by atoms with van der Waals surface area (Å²) in [6, 6.07) is -2.78. The third-order valence-electron chi connectivity index (χ3n) is 18.6. The maximum atomic E-state index is 13.5. The lowest BCUT2D eigenvalue weighted by Crippen LogP contribution is -2.71. The molecule has 0 aromatic carbocycles. The van der Waals surface area contributed by atoms with Crippen LogP contribution in [0.1, 0.15) is 220 Å². The molecule has 28 nitrogen and oxygen atoms in total. The Morgan fingerprint density at radius 1 is 0.547 bits per heavy atom. The number of rotatable bonds is 50. The summed E-state index contributed by atoms with van der Waals surface area (Å²) in [5.74, 6) is -6.52. The molecule has 17 N–H and O–H groups in total. The number of amides is 2. The summed E-state index contributed by atoms with van der Waals surface area (Å²) in [6.07, 6.45) is -4.06. The van der Waals surface area contributed by atoms with Crippen molar-refractivity contribution >= 4 is 17.8 Å². The van der Waals surface area contributed by atoms with Crippen molar-refractivity contribution in [2.75, 3.05) is 33.0 Å². The highest BCUT2D eigenvalue weighted by molar-refractivity contribution is 5.77. The average molecular weight is 1370 g/mol. The number of aliphatic hydroxyl groups excluding tert-OH is 14. The third kappa shape index (κ3) is 28.0. The Hall–Kier alpha value is -2.73. The van der Waals surface area contributed by atoms with Crippen LogP contribution in [0.25, 0.3) is 0 Å². The highest BCUT2D eigenvalue weighted by Gasteiger charge is 2.61. The molecule has 95 heavy (non-hydrogen) atoms. The Morgan fingerprint density at radius 2 is 1.00 bits per heavy atom. The van der Waals surface area contributed by atoms with Gasteiger partial charge in [-0.25, -0.2) is 4.79 Å². The summed E-state index contributed by atoms with van der Waals surface area (Å²) < 4.78 is 47.2. The summed E-state index contributed by atoms with van der Waals surface area (Å²) in [5.41, 5.74) is 0. The molecule has 4 saturated heterocycles. The minimum absolute atomic E-state index is 0.166. The first-order valence-electron chi connectivity index (χ1n) is 35.6. The normalized spacial score (nSPS) is 32.6. The Labute approximate surface area is 561 Å². The summed E-state index contributed by atoms with van der Waals surface area (Å²) in [4.78, 5) is 39.3. The first-order chi connectivity index (χ1) is 45.6. The van der Waals surface area contributed by atoms with E-state index in [9.17, 15) is 91.0 Å². The van der Waals surface area contributed by atoms with Crippen molar-refractivity contribution in [1.82, 2.24) is 10.6 Å². The zero-order valence-corrected chi connectivity index (χ0v) is 56.5. The molecule has 4 heterocycles. The molecule has 4 rings (SSSR count). The molecule has 0 spiro atoms. The molecular formula is C67H122N2O26. The van der Waals surface area contributed by atoms with Crippen molar-refractivity contribution in [1.29, 1.82) is 0 Å². The zero-order chi connectivity index (χ0) is 69.9. The molecule has 0 bridgehead atoms. The number of aliphatic hydroxyl groups is 14. The minimum atomic E-state index is -3.26. The largest absolute Gasteiger partial charge is 0.477 e. The fourth-order valence-electron chi connectivity index (χ4n) is 12.8. The maximum absolute atomic E-state index is 13.5. The maximum Gasteiger partial charge on any atom is 0.364 e. The van der Waals surface area contributed by atoms with Crippen LogP contribution in [0.2, 0.25) is 0 Å². The van der Waals surface area contributed by atoms with Gasteiger partial charge in [0.25, 0.3) is 5.79 Å². The Morgan fingerprint density at radius 3 is 1.49 bits per heavy atom. The molecule has 8 unspecified atom stereocenters. The number of unbranched alkanes of at least 4 members (excludes halogenated alkanes) is 27. The molecule has 4 fully saturated rings. The lowest BCUT2D eigenvalue weighted by atomic mass is 9.88. The van der Waals surface area contributed by atoms with Gasteiger partial charge in [-0.2, -0.15) is 0 Å². The molecule has 0 saturated carbocycles. The van der Waals surface area contributed by atoms with Crippen LogP contribution >= 0.6 is 0 Å². The first-order valence-corrected chi connectivity index (χ1v) is 35.6. The first kappa shape index (κ1) is 84.7. The highest BCUT2D eigenvalue weighted by Crippen LogP contribution is 2.40. The highest BCUT2D eigenvalue weighted by atomic mass is 16.8. The molecular weight excluding hydrogens is 1250 g/mol. The second kappa shape index (κ2) is 46.6. The van der Waals surface area contributed by atoms with E-state index in [-0.39, 0.29) is 12.3 Å². The average Bonchev–Trinajstić information content (AvgIpc) is 0.760. The molecule has 23 atom stereocenters. The van der Waals surface area contributed by atoms with Crippen molar-refractivity contribution in [2.24, 2.45) is 0 Å². The molecule has 0 radical (unpaired) electrons. The predicted octanol–water partition coefficient (Wildman–Crippen LogP) is 1.77. The summed E-state index contributed by atoms with van der Waals surface area (Å²) in [5, 5.41) is 170. The van der Waals surface area contributed by atoms with Crippen LogP contribution in [-0.4, -0.2) is 268 Å². The lowest BCUT2D eigenvalue weighted by molar-refractivity contribution is -0.404. The molecule has 4 aliphatic rings. The van der Waals surface area contributed by atoms with Gasteiger partial charge in [0.05, 0.1) is 57.3 Å². The van der Waals surface area contributed by atoms with Gasteiger partial charge in [-0.05, 0) is 19.3 Å². The van der Waals surface area contributed by atoms with Crippen LogP contribution in [0.3, 0.4) is 0 Å². The number of carboxylic acids is 1. The van der Waals surface area contributed by atoms with Crippen molar-refractivity contribution in [3.63, 3.8) is 0 Å². The zero-order valence-electron chi connectivity index (χ0n) is 56.5. The van der Waals surface area contributed by atoms with Crippen molar-refractivity contribution in [3.8, 4) is 0 Å². The van der Waals surface area contributed by atoms with Gasteiger partial charge in [-0.15, -0.1) is 0 Å². The van der Waals surface area contributed by atoms with E-state index < -0.39 is 192 Å². The molecule has 2 amide bonds. The lowest BCUT2D eigenvalue weighted by Gasteiger charge is -2.52. The van der Waals surface area contributed by atoms with Gasteiger partial charge in [0, 0.05) is 19.8 Å². The van der Waals surface area contributed by atoms with Gasteiger partial charge >= 0.3 is 5.97 Å². The number of carboxylic acid groups (broad SMARTS) is 1. The quantitative estimate of drug-likeness (QED) is 0.0305. The van der Waals surface area contributed by atoms with Crippen LogP contribution in [0.5, 0.6) is 0 Å². The van der Waals surface area contributed by atoms with E-state index in [2.05, 4.69) is 24.5 Å². The van der Waals surface area contributed by atoms with Gasteiger partial charge < -0.3 is 125 Å². The Balaban J connectivity index is 1.49. The van der Waals surface area contributed by atoms with E-state index in [1.54, 1.807) is 6.08 Å². The van der Waals surface area contributed by atoms with Crippen molar-refractivity contribution in [2.45, 2.75) is 360 Å². The van der Waals surface area contributed by atoms with Gasteiger partial charge in [-0.1, -0.05) is 193 Å². The van der Waals surface area contributed by atoms with Crippen LogP contribution in [0, 0.1) is 0 Å². The molecule has 0 aliphatic carbocycles. The smallest absolute Gasteiger partial charge is 0.364 e. The molecule has 4 aliphatic heterocycles. The summed E-state index contributed by atoms with van der Waals surface area (Å²) in [7, 11) is 0. The Bertz CT molecular complexity index is 2090. The van der Waals surface area contributed by atoms with Crippen molar-refractivity contribution in [3.05, 3.63) is 12.2 Å². The van der Waals surface area contributed by atoms with E-state index >= 15 is 0 Å². The van der Waals surface area contributed by atoms with Gasteiger partial charge in [0.1, 0.15) is 91.6 Å². The number of aliphatic carboxylic acids is 1. The second-order valence-electron chi connectivity index (χ2n) is 26.4. The van der Waals surface area contributed by atoms with Crippen LogP contribution in [0.4, 0.5) is 0 Å². The van der Waals surface area contributed by atoms with E-state index in [4.69, 9.17) is 37.9 Å². The number of hydrogen-bond donors (Lipinski definition) is 17. The number of carbonyl (C=O) groups is 3. The molecule has 556 valence electrons. The summed E-state index contributed by atoms with van der Waals surface area (Å²) in [6.45, 7) is 0.742. The SMILES string of the molecule is CCCCCCCCCCCCC/C=C/[C@@H](O)[C@H](CO[C@@H]1OC(CO)[C@@H](O[C@@H]2OC(CO)[C@H](O[C@@H]3OC(CO)[C@H](O)[C@H](O)C3O)[C@H](O[C@]3(C(=O)O)CC(O)[C@@H](NC(C)=O)C([C@H](O)[C@H](O)CO)O3)C2O)[C@H](O)C1O)NC(=O)CCCCCCCCCCCCCCCCCCC. The number of hydrogen-bond acceptors (Lipinski definition) is 25. The minimum Gasteiger partial charge on any atom is -0.477 e. The summed E-state index contributed by atoms with van der Waals surface area (Å²) >= 11 is 0. The monoisotopic (exact) mass is 1370 g/mol. The predicted molar refractivity (Wildman–Crippen MR) is 343 cm³/mol. The number of allylic oxidation sites excluding steroid dienone is 1. The van der Waals surface area contributed by atoms with E-state index in [0.29, 0.717) is 12.8 Å². The fourth-order valence-corrected chi connectivity index (χ4v) is 12.8. The Kier molecular flexibility index (Phi) is 41.6. The molecule has 0 aromatic rings. The van der Waals surface area contributed by atoms with E-state index in [0.717, 1.165) is 58.3 Å². The van der Waals surface area contributed by atoms with E-state index in [1.807, 2.05) is 6.08 Å². The van der Waals surface area contributed by atoms with Gasteiger partial charge in [-0.3, -0.25) is 9.59 Å². The molecule has 28 heteroatoms. The number of nitrogens with one attached hydrogen (secondary N) is 2. The fraction of sp³-hybridized carbons (Fsp3) is 0.925. The van der Waals surface area contributed by atoms with E-state index in [1.165, 1.54) is 122 Å². The van der Waals surface area contributed by atoms with Crippen LogP contribution < -0.4 is 10.6 Å². The van der Waals surface area contributed by atoms with Gasteiger partial charge in [0.2, 0.25) is 11.8 Å². The third-order valence-corrected chi connectivity index (χ3v) is 18.6. The van der Waals surface area contributed by atoms with Crippen LogP contribution in [0.15, 0.2) is 12.2 Å².